The lowest BCUT2D eigenvalue weighted by atomic mass is 9.85. The lowest BCUT2D eigenvalue weighted by Crippen LogP contribution is -2.55. The molecule has 2 fully saturated rings. The van der Waals surface area contributed by atoms with Crippen molar-refractivity contribution in [1.82, 2.24) is 0 Å². The average Bonchev–Trinajstić information content (AvgIpc) is 2.98. The van der Waals surface area contributed by atoms with Gasteiger partial charge in [-0.2, -0.15) is 0 Å². The molecule has 16 heteroatoms. The molecule has 1 aromatic heterocycles. The van der Waals surface area contributed by atoms with E-state index < -0.39 is 125 Å². The first kappa shape index (κ1) is 30.9. The van der Waals surface area contributed by atoms with Gasteiger partial charge in [0, 0.05) is 11.6 Å². The summed E-state index contributed by atoms with van der Waals surface area (Å²) >= 11 is 0. The van der Waals surface area contributed by atoms with Gasteiger partial charge in [0.15, 0.2) is 22.5 Å². The molecule has 3 heterocycles. The molecule has 16 nitrogen and oxygen atoms in total. The van der Waals surface area contributed by atoms with Gasteiger partial charge in [0.1, 0.15) is 83.7 Å². The van der Waals surface area contributed by atoms with E-state index in [1.54, 1.807) is 0 Å². The normalized spacial score (nSPS) is 33.1. The van der Waals surface area contributed by atoms with Crippen LogP contribution in [0.5, 0.6) is 23.0 Å². The SMILES string of the molecule is O=c1cc(-c2ccc(O)c(O)c2)oc2c(C3OC(CO)C(O)C(O)C3O)c(O)c([C@@H]3O[C@H](CO)[C@@H](O)[C@H](O)[C@H]3O)c(O)c12. The molecule has 0 amide bonds. The summed E-state index contributed by atoms with van der Waals surface area (Å²) in [6.07, 6.45) is -18.5. The number of rotatable bonds is 5. The van der Waals surface area contributed by atoms with Gasteiger partial charge in [0.05, 0.1) is 24.3 Å². The van der Waals surface area contributed by atoms with Crippen LogP contribution in [0.25, 0.3) is 22.3 Å². The Morgan fingerprint density at radius 1 is 0.628 bits per heavy atom. The molecular weight excluding hydrogens is 580 g/mol. The Bertz CT molecular complexity index is 1570. The molecule has 0 aliphatic carbocycles. The van der Waals surface area contributed by atoms with E-state index in [9.17, 15) is 66.1 Å². The van der Waals surface area contributed by atoms with Crippen LogP contribution in [0, 0.1) is 0 Å². The highest BCUT2D eigenvalue weighted by atomic mass is 16.6. The van der Waals surface area contributed by atoms with E-state index in [0.29, 0.717) is 0 Å². The van der Waals surface area contributed by atoms with Crippen molar-refractivity contribution in [1.29, 1.82) is 0 Å². The minimum absolute atomic E-state index is 0.0334. The van der Waals surface area contributed by atoms with Crippen LogP contribution in [0.3, 0.4) is 0 Å². The third kappa shape index (κ3) is 4.96. The molecule has 3 aromatic rings. The molecule has 5 unspecified atom stereocenters. The van der Waals surface area contributed by atoms with E-state index in [4.69, 9.17) is 13.9 Å². The van der Waals surface area contributed by atoms with E-state index in [-0.39, 0.29) is 11.3 Å². The molecule has 10 atom stereocenters. The van der Waals surface area contributed by atoms with Crippen LogP contribution >= 0.6 is 0 Å². The second-order valence-corrected chi connectivity index (χ2v) is 10.4. The fourth-order valence-corrected chi connectivity index (χ4v) is 5.44. The van der Waals surface area contributed by atoms with Crippen molar-refractivity contribution in [3.05, 3.63) is 45.6 Å². The summed E-state index contributed by atoms with van der Waals surface area (Å²) in [6.45, 7) is -1.75. The van der Waals surface area contributed by atoms with Gasteiger partial charge in [0.25, 0.3) is 0 Å². The van der Waals surface area contributed by atoms with E-state index in [1.165, 1.54) is 6.07 Å². The molecule has 234 valence electrons. The van der Waals surface area contributed by atoms with Crippen molar-refractivity contribution in [2.45, 2.75) is 61.0 Å². The van der Waals surface area contributed by atoms with Crippen LogP contribution in [0.2, 0.25) is 0 Å². The molecule has 2 aliphatic rings. The standard InChI is InChI=1S/C27H30O16/c28-5-12-17(33)21(37)23(39)26(42-12)15-19(35)14-10(32)4-11(7-1-2-8(30)9(31)3-7)41-25(14)16(20(15)36)27-24(40)22(38)18(34)13(6-29)43-27/h1-4,12-13,17-18,21-24,26-31,33-40H,5-6H2/t12-,13?,17-,18?,21+,22?,23-,24?,26+,27?/m1/s1. The maximum absolute atomic E-state index is 13.5. The number of fused-ring (bicyclic) bond motifs is 1. The summed E-state index contributed by atoms with van der Waals surface area (Å²) in [5.74, 6) is -3.43. The van der Waals surface area contributed by atoms with Crippen LogP contribution in [-0.4, -0.2) is 123 Å². The van der Waals surface area contributed by atoms with Crippen molar-refractivity contribution >= 4 is 11.0 Å². The quantitative estimate of drug-likeness (QED) is 0.131. The van der Waals surface area contributed by atoms with Crippen LogP contribution < -0.4 is 5.43 Å². The summed E-state index contributed by atoms with van der Waals surface area (Å²) in [6, 6.07) is 4.26. The maximum Gasteiger partial charge on any atom is 0.197 e. The summed E-state index contributed by atoms with van der Waals surface area (Å²) in [4.78, 5) is 13.5. The Morgan fingerprint density at radius 2 is 1.16 bits per heavy atom. The largest absolute Gasteiger partial charge is 0.507 e. The smallest absolute Gasteiger partial charge is 0.197 e. The molecule has 0 radical (unpaired) electrons. The molecule has 2 saturated heterocycles. The average molecular weight is 611 g/mol. The van der Waals surface area contributed by atoms with Gasteiger partial charge in [-0.3, -0.25) is 4.79 Å². The van der Waals surface area contributed by atoms with Gasteiger partial charge in [-0.15, -0.1) is 0 Å². The molecule has 43 heavy (non-hydrogen) atoms. The molecular formula is C27H30O16. The number of aromatic hydroxyl groups is 4. The Kier molecular flexibility index (Phi) is 8.27. The molecule has 5 rings (SSSR count). The highest BCUT2D eigenvalue weighted by molar-refractivity contribution is 5.92. The number of aliphatic hydroxyl groups is 8. The summed E-state index contributed by atoms with van der Waals surface area (Å²) in [5.41, 5.74) is -2.97. The van der Waals surface area contributed by atoms with Gasteiger partial charge in [0.2, 0.25) is 0 Å². The Morgan fingerprint density at radius 3 is 1.67 bits per heavy atom. The predicted octanol–water partition coefficient (Wildman–Crippen LogP) is -2.69. The highest BCUT2D eigenvalue weighted by Crippen LogP contribution is 2.51. The molecule has 2 aliphatic heterocycles. The number of phenolic OH excluding ortho intramolecular Hbond substituents is 4. The van der Waals surface area contributed by atoms with E-state index in [2.05, 4.69) is 0 Å². The monoisotopic (exact) mass is 610 g/mol. The fourth-order valence-electron chi connectivity index (χ4n) is 5.44. The first-order valence-corrected chi connectivity index (χ1v) is 13.0. The molecule has 12 N–H and O–H groups in total. The number of phenols is 4. The maximum atomic E-state index is 13.5. The number of ether oxygens (including phenoxy) is 2. The first-order valence-electron chi connectivity index (χ1n) is 13.0. The van der Waals surface area contributed by atoms with E-state index in [0.717, 1.165) is 18.2 Å². The van der Waals surface area contributed by atoms with Crippen molar-refractivity contribution < 1.29 is 75.2 Å². The van der Waals surface area contributed by atoms with Gasteiger partial charge >= 0.3 is 0 Å². The Hall–Kier alpha value is -3.55. The minimum atomic E-state index is -2.05. The van der Waals surface area contributed by atoms with Crippen LogP contribution in [0.1, 0.15) is 23.3 Å². The topological polar surface area (TPSA) is 291 Å². The second kappa shape index (κ2) is 11.5. The summed E-state index contributed by atoms with van der Waals surface area (Å²) < 4.78 is 16.9. The van der Waals surface area contributed by atoms with Gasteiger partial charge in [-0.1, -0.05) is 0 Å². The predicted molar refractivity (Wildman–Crippen MR) is 140 cm³/mol. The second-order valence-electron chi connectivity index (χ2n) is 10.4. The minimum Gasteiger partial charge on any atom is -0.507 e. The lowest BCUT2D eigenvalue weighted by molar-refractivity contribution is -0.234. The number of hydrogen-bond acceptors (Lipinski definition) is 16. The molecule has 0 bridgehead atoms. The fraction of sp³-hybridized carbons (Fsp3) is 0.444. The zero-order valence-electron chi connectivity index (χ0n) is 22.0. The van der Waals surface area contributed by atoms with Gasteiger partial charge in [-0.25, -0.2) is 0 Å². The van der Waals surface area contributed by atoms with Crippen LogP contribution in [-0.2, 0) is 9.47 Å². The number of hydrogen-bond donors (Lipinski definition) is 12. The van der Waals surface area contributed by atoms with Crippen molar-refractivity contribution in [2.24, 2.45) is 0 Å². The summed E-state index contributed by atoms with van der Waals surface area (Å²) in [7, 11) is 0. The Balaban J connectivity index is 1.82. The van der Waals surface area contributed by atoms with Crippen LogP contribution in [0.4, 0.5) is 0 Å². The highest BCUT2D eigenvalue weighted by Gasteiger charge is 2.50. The number of aliphatic hydroxyl groups excluding tert-OH is 8. The molecule has 0 spiro atoms. The van der Waals surface area contributed by atoms with Gasteiger partial charge in [-0.05, 0) is 18.2 Å². The van der Waals surface area contributed by atoms with Crippen molar-refractivity contribution in [3.63, 3.8) is 0 Å². The zero-order chi connectivity index (χ0) is 31.5. The van der Waals surface area contributed by atoms with Crippen molar-refractivity contribution in [2.75, 3.05) is 13.2 Å². The summed E-state index contributed by atoms with van der Waals surface area (Å²) in [5, 5.41) is 124. The zero-order valence-corrected chi connectivity index (χ0v) is 22.0. The van der Waals surface area contributed by atoms with E-state index in [1.807, 2.05) is 0 Å². The van der Waals surface area contributed by atoms with E-state index >= 15 is 0 Å². The number of benzene rings is 2. The molecule has 2 aromatic carbocycles. The van der Waals surface area contributed by atoms with Crippen molar-refractivity contribution in [3.8, 4) is 34.3 Å². The Labute approximate surface area is 240 Å². The lowest BCUT2D eigenvalue weighted by Gasteiger charge is -2.42. The third-order valence-electron chi connectivity index (χ3n) is 7.81. The van der Waals surface area contributed by atoms with Gasteiger partial charge < -0.3 is 75.2 Å². The third-order valence-corrected chi connectivity index (χ3v) is 7.81. The van der Waals surface area contributed by atoms with Crippen LogP contribution in [0.15, 0.2) is 33.5 Å². The first-order chi connectivity index (χ1) is 20.3. The molecule has 0 saturated carbocycles.